The maximum atomic E-state index is 13.4. The fraction of sp³-hybridized carbons (Fsp3) is 0.211. The van der Waals surface area contributed by atoms with Crippen LogP contribution in [0.15, 0.2) is 42.5 Å². The van der Waals surface area contributed by atoms with Crippen molar-refractivity contribution in [3.8, 4) is 11.8 Å². The van der Waals surface area contributed by atoms with E-state index in [0.29, 0.717) is 30.1 Å². The molecule has 0 aliphatic carbocycles. The highest BCUT2D eigenvalue weighted by atomic mass is 127. The molecular formula is C19H14F3IN2O. The molecule has 0 spiro atoms. The van der Waals surface area contributed by atoms with E-state index in [1.165, 1.54) is 12.1 Å². The molecule has 0 saturated heterocycles. The number of alkyl halides is 3. The number of rotatable bonds is 4. The Balaban J connectivity index is 1.91. The Morgan fingerprint density at radius 3 is 2.46 bits per heavy atom. The van der Waals surface area contributed by atoms with Crippen molar-refractivity contribution in [1.29, 1.82) is 5.26 Å². The smallest absolute Gasteiger partial charge is 0.418 e. The summed E-state index contributed by atoms with van der Waals surface area (Å²) in [6, 6.07) is 13.4. The van der Waals surface area contributed by atoms with Crippen LogP contribution >= 0.6 is 22.6 Å². The molecule has 26 heavy (non-hydrogen) atoms. The van der Waals surface area contributed by atoms with Crippen LogP contribution in [0, 0.1) is 21.8 Å². The molecule has 0 bridgehead atoms. The first-order valence-electron chi connectivity index (χ1n) is 7.80. The molecule has 7 heteroatoms. The lowest BCUT2D eigenvalue weighted by molar-refractivity contribution is -0.136. The van der Waals surface area contributed by atoms with E-state index < -0.39 is 11.7 Å². The second-order valence-electron chi connectivity index (χ2n) is 5.77. The predicted octanol–water partition coefficient (Wildman–Crippen LogP) is 5.52. The fourth-order valence-electron chi connectivity index (χ4n) is 2.95. The van der Waals surface area contributed by atoms with Crippen molar-refractivity contribution >= 4 is 33.5 Å². The van der Waals surface area contributed by atoms with Crippen molar-refractivity contribution < 1.29 is 17.9 Å². The largest absolute Gasteiger partial charge is 0.492 e. The third kappa shape index (κ3) is 3.65. The number of aromatic nitrogens is 1. The Labute approximate surface area is 162 Å². The minimum absolute atomic E-state index is 0.0447. The molecule has 0 saturated carbocycles. The molecule has 0 aliphatic heterocycles. The zero-order chi connectivity index (χ0) is 18.9. The molecule has 0 radical (unpaired) electrons. The molecule has 0 aliphatic rings. The van der Waals surface area contributed by atoms with E-state index in [4.69, 9.17) is 10.00 Å². The monoisotopic (exact) mass is 470 g/mol. The Morgan fingerprint density at radius 1 is 1.15 bits per heavy atom. The van der Waals surface area contributed by atoms with Gasteiger partial charge in [-0.25, -0.2) is 0 Å². The van der Waals surface area contributed by atoms with Gasteiger partial charge in [0.2, 0.25) is 0 Å². The number of fused-ring (bicyclic) bond motifs is 1. The van der Waals surface area contributed by atoms with E-state index in [2.05, 4.69) is 22.6 Å². The van der Waals surface area contributed by atoms with Crippen LogP contribution in [0.2, 0.25) is 0 Å². The van der Waals surface area contributed by atoms with Gasteiger partial charge in [0.1, 0.15) is 12.4 Å². The molecule has 1 heterocycles. The number of aryl methyl sites for hydroxylation is 1. The summed E-state index contributed by atoms with van der Waals surface area (Å²) in [6.45, 7) is 2.48. The van der Waals surface area contributed by atoms with Crippen molar-refractivity contribution in [1.82, 2.24) is 4.57 Å². The number of hydrogen-bond donors (Lipinski definition) is 0. The second-order valence-corrected chi connectivity index (χ2v) is 7.02. The molecular weight excluding hydrogens is 456 g/mol. The summed E-state index contributed by atoms with van der Waals surface area (Å²) >= 11 is 2.20. The van der Waals surface area contributed by atoms with Gasteiger partial charge in [-0.1, -0.05) is 0 Å². The Kier molecular flexibility index (Phi) is 5.14. The number of hydrogen-bond acceptors (Lipinski definition) is 2. The minimum atomic E-state index is -4.58. The van der Waals surface area contributed by atoms with E-state index >= 15 is 0 Å². The van der Waals surface area contributed by atoms with E-state index in [1.54, 1.807) is 23.6 Å². The van der Waals surface area contributed by atoms with E-state index in [-0.39, 0.29) is 10.9 Å². The number of benzene rings is 2. The van der Waals surface area contributed by atoms with Gasteiger partial charge in [0.05, 0.1) is 23.7 Å². The van der Waals surface area contributed by atoms with E-state index in [9.17, 15) is 13.2 Å². The molecule has 1 aromatic heterocycles. The SMILES string of the molecule is Cc1cc2c(C(F)(F)F)c(C#N)ccc2n1CCOc1ccc(I)cc1. The van der Waals surface area contributed by atoms with E-state index in [0.717, 1.165) is 3.57 Å². The van der Waals surface area contributed by atoms with E-state index in [1.807, 2.05) is 24.3 Å². The average Bonchev–Trinajstić information content (AvgIpc) is 2.90. The quantitative estimate of drug-likeness (QED) is 0.471. The average molecular weight is 470 g/mol. The molecule has 0 atom stereocenters. The summed E-state index contributed by atoms with van der Waals surface area (Å²) < 4.78 is 48.8. The second kappa shape index (κ2) is 7.19. The molecule has 134 valence electrons. The highest BCUT2D eigenvalue weighted by Crippen LogP contribution is 2.38. The van der Waals surface area contributed by atoms with Crippen LogP contribution in [0.5, 0.6) is 5.75 Å². The lowest BCUT2D eigenvalue weighted by Gasteiger charge is -2.13. The summed E-state index contributed by atoms with van der Waals surface area (Å²) in [5.41, 5.74) is -0.109. The van der Waals surface area contributed by atoms with Gasteiger partial charge in [0.25, 0.3) is 0 Å². The van der Waals surface area contributed by atoms with Gasteiger partial charge >= 0.3 is 6.18 Å². The maximum absolute atomic E-state index is 13.4. The first-order chi connectivity index (χ1) is 12.3. The highest BCUT2D eigenvalue weighted by molar-refractivity contribution is 14.1. The van der Waals surface area contributed by atoms with Gasteiger partial charge in [0, 0.05) is 20.2 Å². The van der Waals surface area contributed by atoms with Crippen LogP contribution in [0.25, 0.3) is 10.9 Å². The third-order valence-electron chi connectivity index (χ3n) is 4.09. The standard InChI is InChI=1S/C19H14F3IN2O/c1-12-10-16-17(7-2-13(11-24)18(16)19(20,21)22)25(12)8-9-26-15-5-3-14(23)4-6-15/h2-7,10H,8-9H2,1H3. The summed E-state index contributed by atoms with van der Waals surface area (Å²) in [6.07, 6.45) is -4.58. The first kappa shape index (κ1) is 18.6. The number of nitrogens with zero attached hydrogens (tertiary/aromatic N) is 2. The van der Waals surface area contributed by atoms with Crippen LogP contribution in [0.1, 0.15) is 16.8 Å². The normalized spacial score (nSPS) is 11.5. The Morgan fingerprint density at radius 2 is 1.85 bits per heavy atom. The first-order valence-corrected chi connectivity index (χ1v) is 8.87. The van der Waals surface area contributed by atoms with Gasteiger partial charge in [-0.3, -0.25) is 0 Å². The molecule has 0 amide bonds. The predicted molar refractivity (Wildman–Crippen MR) is 101 cm³/mol. The van der Waals surface area contributed by atoms with Crippen LogP contribution < -0.4 is 4.74 Å². The molecule has 2 aromatic carbocycles. The molecule has 3 rings (SSSR count). The molecule has 0 fully saturated rings. The highest BCUT2D eigenvalue weighted by Gasteiger charge is 2.36. The van der Waals surface area contributed by atoms with Crippen LogP contribution in [-0.2, 0) is 12.7 Å². The van der Waals surface area contributed by atoms with Crippen LogP contribution in [0.4, 0.5) is 13.2 Å². The van der Waals surface area contributed by atoms with Crippen LogP contribution in [-0.4, -0.2) is 11.2 Å². The van der Waals surface area contributed by atoms with Crippen molar-refractivity contribution in [3.63, 3.8) is 0 Å². The summed E-state index contributed by atoms with van der Waals surface area (Å²) in [4.78, 5) is 0. The molecule has 0 unspecified atom stereocenters. The van der Waals surface area contributed by atoms with Gasteiger partial charge in [-0.05, 0) is 72.0 Å². The van der Waals surface area contributed by atoms with Crippen molar-refractivity contribution in [2.45, 2.75) is 19.6 Å². The van der Waals surface area contributed by atoms with Crippen molar-refractivity contribution in [2.75, 3.05) is 6.61 Å². The number of ether oxygens (including phenoxy) is 1. The fourth-order valence-corrected chi connectivity index (χ4v) is 3.31. The minimum Gasteiger partial charge on any atom is -0.492 e. The van der Waals surface area contributed by atoms with Crippen molar-refractivity contribution in [3.05, 3.63) is 62.9 Å². The number of nitriles is 1. The zero-order valence-corrected chi connectivity index (χ0v) is 15.9. The topological polar surface area (TPSA) is 38.0 Å². The van der Waals surface area contributed by atoms with Crippen molar-refractivity contribution in [2.24, 2.45) is 0 Å². The lowest BCUT2D eigenvalue weighted by atomic mass is 10.0. The van der Waals surface area contributed by atoms with Gasteiger partial charge in [-0.15, -0.1) is 0 Å². The summed E-state index contributed by atoms with van der Waals surface area (Å²) in [5.74, 6) is 0.710. The van der Waals surface area contributed by atoms with Gasteiger partial charge in [-0.2, -0.15) is 18.4 Å². The van der Waals surface area contributed by atoms with Gasteiger partial charge < -0.3 is 9.30 Å². The molecule has 3 nitrogen and oxygen atoms in total. The van der Waals surface area contributed by atoms with Gasteiger partial charge in [0.15, 0.2) is 0 Å². The molecule has 0 N–H and O–H groups in total. The Bertz CT molecular complexity index is 985. The van der Waals surface area contributed by atoms with Crippen LogP contribution in [0.3, 0.4) is 0 Å². The Hall–Kier alpha value is -2.21. The number of halogens is 4. The maximum Gasteiger partial charge on any atom is 0.418 e. The zero-order valence-electron chi connectivity index (χ0n) is 13.8. The lowest BCUT2D eigenvalue weighted by Crippen LogP contribution is -2.11. The summed E-state index contributed by atoms with van der Waals surface area (Å²) in [7, 11) is 0. The molecule has 3 aromatic rings. The summed E-state index contributed by atoms with van der Waals surface area (Å²) in [5, 5.41) is 9.07. The third-order valence-corrected chi connectivity index (χ3v) is 4.81.